The fourth-order valence-corrected chi connectivity index (χ4v) is 3.84. The van der Waals surface area contributed by atoms with Crippen molar-refractivity contribution in [1.29, 1.82) is 0 Å². The molecule has 5 rings (SSSR count). The molecule has 1 aromatic carbocycles. The molecule has 1 fully saturated rings. The number of nitrogens with zero attached hydrogens (tertiary/aromatic N) is 4. The van der Waals surface area contributed by atoms with Gasteiger partial charge in [0.15, 0.2) is 0 Å². The first kappa shape index (κ1) is 20.1. The van der Waals surface area contributed by atoms with Gasteiger partial charge in [0, 0.05) is 47.9 Å². The third kappa shape index (κ3) is 3.90. The molecule has 0 aliphatic carbocycles. The van der Waals surface area contributed by atoms with E-state index in [0.717, 1.165) is 71.5 Å². The molecule has 0 saturated carbocycles. The number of rotatable bonds is 6. The van der Waals surface area contributed by atoms with Crippen molar-refractivity contribution in [3.05, 3.63) is 54.7 Å². The Kier molecular flexibility index (Phi) is 5.47. The summed E-state index contributed by atoms with van der Waals surface area (Å²) in [5.41, 5.74) is 6.34. The molecular weight excluding hydrogens is 408 g/mol. The van der Waals surface area contributed by atoms with E-state index in [1.54, 1.807) is 25.8 Å². The molecule has 4 heterocycles. The smallest absolute Gasteiger partial charge is 0.144 e. The molecule has 1 aliphatic heterocycles. The van der Waals surface area contributed by atoms with Gasteiger partial charge in [0.2, 0.25) is 0 Å². The molecule has 4 aromatic rings. The van der Waals surface area contributed by atoms with Crippen molar-refractivity contribution >= 4 is 17.2 Å². The van der Waals surface area contributed by atoms with E-state index in [4.69, 9.17) is 14.0 Å². The van der Waals surface area contributed by atoms with E-state index in [0.29, 0.717) is 5.82 Å². The second-order valence-electron chi connectivity index (χ2n) is 7.52. The summed E-state index contributed by atoms with van der Waals surface area (Å²) < 4.78 is 16.4. The van der Waals surface area contributed by atoms with Gasteiger partial charge in [-0.3, -0.25) is 5.10 Å². The number of benzene rings is 1. The zero-order valence-corrected chi connectivity index (χ0v) is 18.0. The largest absolute Gasteiger partial charge is 0.494 e. The van der Waals surface area contributed by atoms with Gasteiger partial charge < -0.3 is 24.2 Å². The van der Waals surface area contributed by atoms with Crippen LogP contribution in [0.4, 0.5) is 17.2 Å². The SMILES string of the molecule is COc1cc(N2CCOCC2)ccc1Nc1cc(-c2nocc2-c2cn[nH]c2C)ccn1. The second kappa shape index (κ2) is 8.72. The number of aromatic nitrogens is 4. The van der Waals surface area contributed by atoms with Gasteiger partial charge in [0.1, 0.15) is 23.5 Å². The van der Waals surface area contributed by atoms with Crippen molar-refractivity contribution in [2.75, 3.05) is 43.6 Å². The first-order valence-electron chi connectivity index (χ1n) is 10.4. The highest BCUT2D eigenvalue weighted by Gasteiger charge is 2.17. The van der Waals surface area contributed by atoms with E-state index in [9.17, 15) is 0 Å². The summed E-state index contributed by atoms with van der Waals surface area (Å²) in [6.07, 6.45) is 5.15. The minimum Gasteiger partial charge on any atom is -0.494 e. The lowest BCUT2D eigenvalue weighted by atomic mass is 10.0. The monoisotopic (exact) mass is 432 g/mol. The molecule has 0 radical (unpaired) electrons. The number of H-pyrrole nitrogens is 1. The molecule has 0 bridgehead atoms. The summed E-state index contributed by atoms with van der Waals surface area (Å²) in [4.78, 5) is 6.76. The van der Waals surface area contributed by atoms with Crippen LogP contribution in [-0.2, 0) is 4.74 Å². The number of aryl methyl sites for hydroxylation is 1. The number of nitrogens with one attached hydrogen (secondary N) is 2. The third-order valence-electron chi connectivity index (χ3n) is 5.55. The third-order valence-corrected chi connectivity index (χ3v) is 5.55. The number of methoxy groups -OCH3 is 1. The maximum absolute atomic E-state index is 5.65. The zero-order valence-electron chi connectivity index (χ0n) is 18.0. The minimum absolute atomic E-state index is 0.679. The molecule has 164 valence electrons. The van der Waals surface area contributed by atoms with Gasteiger partial charge in [-0.05, 0) is 31.2 Å². The number of anilines is 3. The van der Waals surface area contributed by atoms with Crippen LogP contribution in [0.1, 0.15) is 5.69 Å². The number of aromatic amines is 1. The molecular formula is C23H24N6O3. The van der Waals surface area contributed by atoms with Crippen molar-refractivity contribution in [3.8, 4) is 28.1 Å². The summed E-state index contributed by atoms with van der Waals surface area (Å²) in [5.74, 6) is 1.43. The topological polar surface area (TPSA) is 101 Å². The van der Waals surface area contributed by atoms with Crippen LogP contribution in [0.25, 0.3) is 22.4 Å². The van der Waals surface area contributed by atoms with Crippen LogP contribution < -0.4 is 15.0 Å². The van der Waals surface area contributed by atoms with E-state index >= 15 is 0 Å². The Morgan fingerprint density at radius 2 is 2.00 bits per heavy atom. The van der Waals surface area contributed by atoms with Crippen molar-refractivity contribution in [2.45, 2.75) is 6.92 Å². The highest BCUT2D eigenvalue weighted by molar-refractivity contribution is 5.82. The van der Waals surface area contributed by atoms with E-state index in [1.807, 2.05) is 31.2 Å². The number of ether oxygens (including phenoxy) is 2. The van der Waals surface area contributed by atoms with Crippen LogP contribution in [0, 0.1) is 6.92 Å². The van der Waals surface area contributed by atoms with E-state index < -0.39 is 0 Å². The predicted octanol–water partition coefficient (Wildman–Crippen LogP) is 4.02. The molecule has 1 saturated heterocycles. The molecule has 9 nitrogen and oxygen atoms in total. The normalized spacial score (nSPS) is 13.9. The number of hydrogen-bond acceptors (Lipinski definition) is 8. The molecule has 32 heavy (non-hydrogen) atoms. The predicted molar refractivity (Wildman–Crippen MR) is 121 cm³/mol. The first-order valence-corrected chi connectivity index (χ1v) is 10.4. The lowest BCUT2D eigenvalue weighted by molar-refractivity contribution is 0.122. The minimum atomic E-state index is 0.679. The Morgan fingerprint density at radius 3 is 2.78 bits per heavy atom. The zero-order chi connectivity index (χ0) is 21.9. The summed E-state index contributed by atoms with van der Waals surface area (Å²) in [5, 5.41) is 14.6. The van der Waals surface area contributed by atoms with Gasteiger partial charge in [-0.25, -0.2) is 4.98 Å². The summed E-state index contributed by atoms with van der Waals surface area (Å²) in [6.45, 7) is 5.18. The Bertz CT molecular complexity index is 1210. The molecule has 2 N–H and O–H groups in total. The Labute approximate surface area is 185 Å². The van der Waals surface area contributed by atoms with Crippen LogP contribution in [0.3, 0.4) is 0 Å². The van der Waals surface area contributed by atoms with Crippen LogP contribution in [0.5, 0.6) is 5.75 Å². The van der Waals surface area contributed by atoms with E-state index in [2.05, 4.69) is 36.6 Å². The lowest BCUT2D eigenvalue weighted by Crippen LogP contribution is -2.36. The molecule has 0 spiro atoms. The average Bonchev–Trinajstić information content (AvgIpc) is 3.49. The molecule has 1 aliphatic rings. The van der Waals surface area contributed by atoms with Crippen molar-refractivity contribution in [1.82, 2.24) is 20.3 Å². The molecule has 0 atom stereocenters. The van der Waals surface area contributed by atoms with Gasteiger partial charge >= 0.3 is 0 Å². The van der Waals surface area contributed by atoms with Gasteiger partial charge in [-0.1, -0.05) is 5.16 Å². The highest BCUT2D eigenvalue weighted by atomic mass is 16.5. The van der Waals surface area contributed by atoms with Crippen molar-refractivity contribution in [2.24, 2.45) is 0 Å². The van der Waals surface area contributed by atoms with E-state index in [1.165, 1.54) is 0 Å². The Hall–Kier alpha value is -3.85. The number of pyridine rings is 1. The van der Waals surface area contributed by atoms with Gasteiger partial charge in [-0.2, -0.15) is 5.10 Å². The number of morpholine rings is 1. The van der Waals surface area contributed by atoms with Crippen LogP contribution in [0.2, 0.25) is 0 Å². The van der Waals surface area contributed by atoms with Crippen LogP contribution in [0.15, 0.2) is 53.5 Å². The molecule has 0 unspecified atom stereocenters. The first-order chi connectivity index (χ1) is 15.7. The summed E-state index contributed by atoms with van der Waals surface area (Å²) in [7, 11) is 1.67. The second-order valence-corrected chi connectivity index (χ2v) is 7.52. The van der Waals surface area contributed by atoms with E-state index in [-0.39, 0.29) is 0 Å². The molecule has 0 amide bonds. The van der Waals surface area contributed by atoms with Gasteiger partial charge in [0.05, 0.1) is 37.8 Å². The fourth-order valence-electron chi connectivity index (χ4n) is 3.84. The van der Waals surface area contributed by atoms with Crippen LogP contribution in [-0.4, -0.2) is 53.8 Å². The Morgan fingerprint density at radius 1 is 1.12 bits per heavy atom. The lowest BCUT2D eigenvalue weighted by Gasteiger charge is -2.29. The average molecular weight is 432 g/mol. The van der Waals surface area contributed by atoms with Gasteiger partial charge in [-0.15, -0.1) is 0 Å². The van der Waals surface area contributed by atoms with Crippen molar-refractivity contribution < 1.29 is 14.0 Å². The van der Waals surface area contributed by atoms with Crippen molar-refractivity contribution in [3.63, 3.8) is 0 Å². The standard InChI is InChI=1S/C23H24N6O3/c1-15-18(13-25-27-15)19-14-32-28-23(19)16-5-6-24-22(11-16)26-20-4-3-17(12-21(20)30-2)29-7-9-31-10-8-29/h3-6,11-14H,7-10H2,1-2H3,(H,24,26)(H,25,27). The maximum Gasteiger partial charge on any atom is 0.144 e. The number of hydrogen-bond donors (Lipinski definition) is 2. The quantitative estimate of drug-likeness (QED) is 0.471. The Balaban J connectivity index is 1.42. The highest BCUT2D eigenvalue weighted by Crippen LogP contribution is 2.35. The van der Waals surface area contributed by atoms with Gasteiger partial charge in [0.25, 0.3) is 0 Å². The molecule has 9 heteroatoms. The summed E-state index contributed by atoms with van der Waals surface area (Å²) >= 11 is 0. The van der Waals surface area contributed by atoms with Crippen LogP contribution >= 0.6 is 0 Å². The summed E-state index contributed by atoms with van der Waals surface area (Å²) in [6, 6.07) is 9.97. The maximum atomic E-state index is 5.65. The molecule has 3 aromatic heterocycles. The fraction of sp³-hybridized carbons (Fsp3) is 0.261.